The van der Waals surface area contributed by atoms with Gasteiger partial charge in [0.1, 0.15) is 5.82 Å². The maximum atomic E-state index is 13.3. The Morgan fingerprint density at radius 1 is 1.22 bits per heavy atom. The minimum atomic E-state index is -0.875. The fourth-order valence-corrected chi connectivity index (χ4v) is 2.05. The fourth-order valence-electron chi connectivity index (χ4n) is 2.05. The molecule has 2 N–H and O–H groups in total. The average molecular weight is 253 g/mol. The van der Waals surface area contributed by atoms with E-state index < -0.39 is 11.6 Å². The third-order valence-electron chi connectivity index (χ3n) is 2.81. The number of halogens is 2. The van der Waals surface area contributed by atoms with Crippen LogP contribution in [0, 0.1) is 11.6 Å². The monoisotopic (exact) mass is 253 g/mol. The molecular formula is C13H17F2N3. The van der Waals surface area contributed by atoms with Crippen LogP contribution < -0.4 is 5.73 Å². The normalized spacial score (nSPS) is 12.3. The van der Waals surface area contributed by atoms with Crippen molar-refractivity contribution in [2.45, 2.75) is 32.7 Å². The molecule has 18 heavy (non-hydrogen) atoms. The first-order valence-electron chi connectivity index (χ1n) is 5.90. The first kappa shape index (κ1) is 13.0. The van der Waals surface area contributed by atoms with E-state index in [-0.39, 0.29) is 5.41 Å². The number of nitrogens with zero attached hydrogens (tertiary/aromatic N) is 2. The van der Waals surface area contributed by atoms with Crippen LogP contribution in [0.3, 0.4) is 0 Å². The minimum Gasteiger partial charge on any atom is -0.329 e. The number of rotatable bonds is 2. The maximum absolute atomic E-state index is 13.3. The molecule has 0 aliphatic rings. The highest BCUT2D eigenvalue weighted by Gasteiger charge is 2.23. The van der Waals surface area contributed by atoms with Crippen molar-refractivity contribution in [2.75, 3.05) is 6.54 Å². The molecule has 1 aromatic carbocycles. The van der Waals surface area contributed by atoms with Crippen molar-refractivity contribution in [3.05, 3.63) is 29.6 Å². The molecule has 1 heterocycles. The van der Waals surface area contributed by atoms with Crippen LogP contribution in [0.4, 0.5) is 8.78 Å². The fraction of sp³-hybridized carbons (Fsp3) is 0.462. The molecule has 98 valence electrons. The van der Waals surface area contributed by atoms with E-state index in [1.54, 1.807) is 0 Å². The van der Waals surface area contributed by atoms with Crippen molar-refractivity contribution in [1.29, 1.82) is 0 Å². The van der Waals surface area contributed by atoms with Gasteiger partial charge < -0.3 is 10.3 Å². The highest BCUT2D eigenvalue weighted by molar-refractivity contribution is 5.76. The molecule has 0 bridgehead atoms. The van der Waals surface area contributed by atoms with Gasteiger partial charge in [-0.25, -0.2) is 13.8 Å². The second-order valence-electron chi connectivity index (χ2n) is 5.38. The second kappa shape index (κ2) is 4.31. The molecule has 0 unspecified atom stereocenters. The van der Waals surface area contributed by atoms with Crippen LogP contribution in [-0.4, -0.2) is 16.1 Å². The lowest BCUT2D eigenvalue weighted by atomic mass is 9.95. The van der Waals surface area contributed by atoms with E-state index in [2.05, 4.69) is 4.98 Å². The van der Waals surface area contributed by atoms with E-state index in [0.717, 1.165) is 11.9 Å². The highest BCUT2D eigenvalue weighted by atomic mass is 19.2. The predicted molar refractivity (Wildman–Crippen MR) is 67.4 cm³/mol. The number of fused-ring (bicyclic) bond motifs is 1. The molecule has 1 aromatic heterocycles. The number of hydrogen-bond acceptors (Lipinski definition) is 2. The molecule has 0 atom stereocenters. The molecule has 0 radical (unpaired) electrons. The Bertz CT molecular complexity index is 582. The van der Waals surface area contributed by atoms with Gasteiger partial charge >= 0.3 is 0 Å². The molecular weight excluding hydrogens is 236 g/mol. The Morgan fingerprint density at radius 2 is 1.83 bits per heavy atom. The lowest BCUT2D eigenvalue weighted by Gasteiger charge is -2.19. The van der Waals surface area contributed by atoms with Crippen molar-refractivity contribution in [2.24, 2.45) is 5.73 Å². The Balaban J connectivity index is 2.75. The van der Waals surface area contributed by atoms with Gasteiger partial charge in [-0.3, -0.25) is 0 Å². The van der Waals surface area contributed by atoms with Crippen LogP contribution in [0.2, 0.25) is 0 Å². The highest BCUT2D eigenvalue weighted by Crippen LogP contribution is 2.27. The largest absolute Gasteiger partial charge is 0.329 e. The summed E-state index contributed by atoms with van der Waals surface area (Å²) in [5, 5.41) is 0. The van der Waals surface area contributed by atoms with Crippen LogP contribution in [0.15, 0.2) is 12.1 Å². The summed E-state index contributed by atoms with van der Waals surface area (Å²) in [7, 11) is 0. The van der Waals surface area contributed by atoms with E-state index >= 15 is 0 Å². The molecule has 0 fully saturated rings. The van der Waals surface area contributed by atoms with E-state index in [9.17, 15) is 8.78 Å². The lowest BCUT2D eigenvalue weighted by Crippen LogP contribution is -2.21. The van der Waals surface area contributed by atoms with Gasteiger partial charge in [0.05, 0.1) is 11.0 Å². The van der Waals surface area contributed by atoms with Gasteiger partial charge in [-0.15, -0.1) is 0 Å². The smallest absolute Gasteiger partial charge is 0.161 e. The minimum absolute atomic E-state index is 0.207. The predicted octanol–water partition coefficient (Wildman–Crippen LogP) is 2.57. The summed E-state index contributed by atoms with van der Waals surface area (Å²) in [6, 6.07) is 2.31. The molecule has 0 aliphatic carbocycles. The van der Waals surface area contributed by atoms with Crippen molar-refractivity contribution in [3.63, 3.8) is 0 Å². The van der Waals surface area contributed by atoms with Crippen molar-refractivity contribution in [3.8, 4) is 0 Å². The van der Waals surface area contributed by atoms with Gasteiger partial charge in [-0.2, -0.15) is 0 Å². The van der Waals surface area contributed by atoms with Gasteiger partial charge in [0.25, 0.3) is 0 Å². The summed E-state index contributed by atoms with van der Waals surface area (Å²) in [6.45, 7) is 6.98. The molecule has 5 heteroatoms. The SMILES string of the molecule is CC(C)(C)c1nc2cc(F)c(F)cc2n1CCN. The van der Waals surface area contributed by atoms with Crippen molar-refractivity contribution in [1.82, 2.24) is 9.55 Å². The summed E-state index contributed by atoms with van der Waals surface area (Å²) in [5.41, 5.74) is 6.42. The first-order valence-corrected chi connectivity index (χ1v) is 5.90. The summed E-state index contributed by atoms with van der Waals surface area (Å²) < 4.78 is 28.4. The number of nitrogens with two attached hydrogens (primary N) is 1. The molecule has 3 nitrogen and oxygen atoms in total. The maximum Gasteiger partial charge on any atom is 0.161 e. The lowest BCUT2D eigenvalue weighted by molar-refractivity contribution is 0.503. The number of hydrogen-bond donors (Lipinski definition) is 1. The Labute approximate surface area is 105 Å². The zero-order chi connectivity index (χ0) is 13.5. The van der Waals surface area contributed by atoms with E-state index in [1.165, 1.54) is 6.07 Å². The van der Waals surface area contributed by atoms with Crippen LogP contribution >= 0.6 is 0 Å². The third kappa shape index (κ3) is 2.10. The molecule has 0 saturated carbocycles. The second-order valence-corrected chi connectivity index (χ2v) is 5.38. The van der Waals surface area contributed by atoms with E-state index in [1.807, 2.05) is 25.3 Å². The zero-order valence-electron chi connectivity index (χ0n) is 10.8. The van der Waals surface area contributed by atoms with Gasteiger partial charge in [0.15, 0.2) is 11.6 Å². The van der Waals surface area contributed by atoms with Crippen LogP contribution in [0.5, 0.6) is 0 Å². The molecule has 2 aromatic rings. The zero-order valence-corrected chi connectivity index (χ0v) is 10.8. The quantitative estimate of drug-likeness (QED) is 0.894. The van der Waals surface area contributed by atoms with Crippen LogP contribution in [-0.2, 0) is 12.0 Å². The van der Waals surface area contributed by atoms with E-state index in [4.69, 9.17) is 5.73 Å². The summed E-state index contributed by atoms with van der Waals surface area (Å²) in [6.07, 6.45) is 0. The average Bonchev–Trinajstić information content (AvgIpc) is 2.58. The molecule has 0 amide bonds. The standard InChI is InChI=1S/C13H17F2N3/c1-13(2,3)12-17-10-6-8(14)9(15)7-11(10)18(12)5-4-16/h6-7H,4-5,16H2,1-3H3. The van der Waals surface area contributed by atoms with E-state index in [0.29, 0.717) is 24.1 Å². The Morgan fingerprint density at radius 3 is 2.39 bits per heavy atom. The molecule has 2 rings (SSSR count). The number of imidazole rings is 1. The van der Waals surface area contributed by atoms with Crippen LogP contribution in [0.25, 0.3) is 11.0 Å². The molecule has 0 spiro atoms. The van der Waals surface area contributed by atoms with Crippen molar-refractivity contribution >= 4 is 11.0 Å². The van der Waals surface area contributed by atoms with Crippen LogP contribution in [0.1, 0.15) is 26.6 Å². The number of aromatic nitrogens is 2. The van der Waals surface area contributed by atoms with Gasteiger partial charge in [-0.05, 0) is 0 Å². The summed E-state index contributed by atoms with van der Waals surface area (Å²) >= 11 is 0. The van der Waals surface area contributed by atoms with Gasteiger partial charge in [-0.1, -0.05) is 20.8 Å². The third-order valence-corrected chi connectivity index (χ3v) is 2.81. The Kier molecular flexibility index (Phi) is 3.11. The summed E-state index contributed by atoms with van der Waals surface area (Å²) in [5.74, 6) is -0.950. The number of benzene rings is 1. The topological polar surface area (TPSA) is 43.8 Å². The summed E-state index contributed by atoms with van der Waals surface area (Å²) in [4.78, 5) is 4.41. The molecule has 0 saturated heterocycles. The first-order chi connectivity index (χ1) is 8.34. The molecule has 0 aliphatic heterocycles. The van der Waals surface area contributed by atoms with Gasteiger partial charge in [0.2, 0.25) is 0 Å². The van der Waals surface area contributed by atoms with Gasteiger partial charge in [0, 0.05) is 30.6 Å². The van der Waals surface area contributed by atoms with Crippen molar-refractivity contribution < 1.29 is 8.78 Å². The Hall–Kier alpha value is -1.49.